The topological polar surface area (TPSA) is 113 Å². The van der Waals surface area contributed by atoms with Gasteiger partial charge in [0.05, 0.1) is 13.0 Å². The van der Waals surface area contributed by atoms with E-state index in [1.54, 1.807) is 37.4 Å². The monoisotopic (exact) mass is 548 g/mol. The van der Waals surface area contributed by atoms with E-state index < -0.39 is 11.9 Å². The molecule has 8 heteroatoms. The summed E-state index contributed by atoms with van der Waals surface area (Å²) >= 11 is 0. The van der Waals surface area contributed by atoms with Gasteiger partial charge in [0.25, 0.3) is 0 Å². The molecule has 4 aromatic rings. The quantitative estimate of drug-likeness (QED) is 0.207. The molecule has 0 aliphatic carbocycles. The first-order chi connectivity index (χ1) is 19.9. The van der Waals surface area contributed by atoms with Crippen molar-refractivity contribution in [2.24, 2.45) is 5.73 Å². The Kier molecular flexibility index (Phi) is 8.07. The number of ether oxygens (including phenoxy) is 5. The van der Waals surface area contributed by atoms with E-state index in [1.807, 2.05) is 67.6 Å². The summed E-state index contributed by atoms with van der Waals surface area (Å²) in [4.78, 5) is 12.4. The summed E-state index contributed by atoms with van der Waals surface area (Å²) in [5.74, 6) is 1.15. The molecule has 0 radical (unpaired) electrons. The maximum absolute atomic E-state index is 12.4. The molecule has 1 aliphatic rings. The highest BCUT2D eigenvalue weighted by atomic mass is 16.6. The van der Waals surface area contributed by atoms with Gasteiger partial charge in [0, 0.05) is 11.6 Å². The Morgan fingerprint density at radius 3 is 2.41 bits per heavy atom. The standard InChI is InChI=1S/C33H28N2O6/c1-21-8-11-24(12-9-21)38-20-31(36)40-25-13-14-26-29(17-25)41-33(35)27(18-34)32(26)23-10-15-28(30(16-23)37-2)39-19-22-6-4-3-5-7-22/h3-17,32H,19-20,35H2,1-2H3. The fourth-order valence-corrected chi connectivity index (χ4v) is 4.50. The fourth-order valence-electron chi connectivity index (χ4n) is 4.50. The lowest BCUT2D eigenvalue weighted by molar-refractivity contribution is -0.136. The average Bonchev–Trinajstić information content (AvgIpc) is 2.99. The molecule has 8 nitrogen and oxygen atoms in total. The summed E-state index contributed by atoms with van der Waals surface area (Å²) in [5.41, 5.74) is 9.99. The highest BCUT2D eigenvalue weighted by Gasteiger charge is 2.32. The number of esters is 1. The highest BCUT2D eigenvalue weighted by molar-refractivity contribution is 5.74. The van der Waals surface area contributed by atoms with Gasteiger partial charge in [-0.05, 0) is 48.4 Å². The summed E-state index contributed by atoms with van der Waals surface area (Å²) < 4.78 is 28.4. The molecule has 1 aliphatic heterocycles. The van der Waals surface area contributed by atoms with E-state index in [-0.39, 0.29) is 23.8 Å². The van der Waals surface area contributed by atoms with Crippen LogP contribution < -0.4 is 29.4 Å². The molecule has 0 amide bonds. The Balaban J connectivity index is 1.35. The van der Waals surface area contributed by atoms with Gasteiger partial charge in [-0.2, -0.15) is 5.26 Å². The predicted octanol–water partition coefficient (Wildman–Crippen LogP) is 5.79. The van der Waals surface area contributed by atoms with E-state index in [2.05, 4.69) is 6.07 Å². The third-order valence-corrected chi connectivity index (χ3v) is 6.56. The number of rotatable bonds is 9. The third-order valence-electron chi connectivity index (χ3n) is 6.56. The molecule has 206 valence electrons. The van der Waals surface area contributed by atoms with Crippen LogP contribution in [0, 0.1) is 18.3 Å². The van der Waals surface area contributed by atoms with Crippen LogP contribution in [0.15, 0.2) is 102 Å². The van der Waals surface area contributed by atoms with Gasteiger partial charge in [0.1, 0.15) is 35.5 Å². The summed E-state index contributed by atoms with van der Waals surface area (Å²) in [6.07, 6.45) is 0. The number of nitrogens with two attached hydrogens (primary N) is 1. The van der Waals surface area contributed by atoms with Crippen molar-refractivity contribution in [2.45, 2.75) is 19.4 Å². The number of benzene rings is 4. The van der Waals surface area contributed by atoms with Crippen LogP contribution >= 0.6 is 0 Å². The Morgan fingerprint density at radius 2 is 1.68 bits per heavy atom. The van der Waals surface area contributed by atoms with Crippen LogP contribution in [-0.2, 0) is 11.4 Å². The summed E-state index contributed by atoms with van der Waals surface area (Å²) in [6.45, 7) is 2.09. The number of carbonyl (C=O) groups is 1. The molecule has 0 aromatic heterocycles. The van der Waals surface area contributed by atoms with E-state index in [9.17, 15) is 10.1 Å². The van der Waals surface area contributed by atoms with E-state index >= 15 is 0 Å². The Hall–Kier alpha value is -5.42. The number of aryl methyl sites for hydroxylation is 1. The molecule has 1 atom stereocenters. The molecule has 0 saturated carbocycles. The fraction of sp³-hybridized carbons (Fsp3) is 0.152. The van der Waals surface area contributed by atoms with Gasteiger partial charge in [-0.25, -0.2) is 4.79 Å². The average molecular weight is 549 g/mol. The molecule has 0 bridgehead atoms. The second kappa shape index (κ2) is 12.2. The molecular weight excluding hydrogens is 520 g/mol. The van der Waals surface area contributed by atoms with Crippen LogP contribution in [0.25, 0.3) is 0 Å². The SMILES string of the molecule is COc1cc(C2C(C#N)=C(N)Oc3cc(OC(=O)COc4ccc(C)cc4)ccc32)ccc1OCc1ccccc1. The first-order valence-electron chi connectivity index (χ1n) is 12.9. The van der Waals surface area contributed by atoms with Crippen LogP contribution in [0.1, 0.15) is 28.2 Å². The number of nitriles is 1. The zero-order valence-electron chi connectivity index (χ0n) is 22.6. The minimum atomic E-state index is -0.574. The first-order valence-corrected chi connectivity index (χ1v) is 12.9. The normalized spacial score (nSPS) is 13.8. The second-order valence-electron chi connectivity index (χ2n) is 9.38. The van der Waals surface area contributed by atoms with Crippen LogP contribution in [0.3, 0.4) is 0 Å². The molecule has 5 rings (SSSR count). The van der Waals surface area contributed by atoms with Gasteiger partial charge in [-0.1, -0.05) is 60.2 Å². The van der Waals surface area contributed by atoms with Gasteiger partial charge in [-0.3, -0.25) is 0 Å². The van der Waals surface area contributed by atoms with Crippen LogP contribution in [0.4, 0.5) is 0 Å². The smallest absolute Gasteiger partial charge is 0.349 e. The molecule has 0 fully saturated rings. The van der Waals surface area contributed by atoms with Gasteiger partial charge >= 0.3 is 5.97 Å². The van der Waals surface area contributed by atoms with Crippen molar-refractivity contribution in [3.8, 4) is 34.8 Å². The molecule has 0 saturated heterocycles. The predicted molar refractivity (Wildman–Crippen MR) is 152 cm³/mol. The number of carbonyl (C=O) groups excluding carboxylic acids is 1. The number of nitrogens with zero attached hydrogens (tertiary/aromatic N) is 1. The van der Waals surface area contributed by atoms with Crippen molar-refractivity contribution >= 4 is 5.97 Å². The van der Waals surface area contributed by atoms with Crippen LogP contribution in [0.2, 0.25) is 0 Å². The Bertz CT molecular complexity index is 1620. The minimum absolute atomic E-state index is 0.0282. The second-order valence-corrected chi connectivity index (χ2v) is 9.38. The van der Waals surface area contributed by atoms with Gasteiger partial charge in [0.15, 0.2) is 18.1 Å². The van der Waals surface area contributed by atoms with Crippen molar-refractivity contribution in [1.29, 1.82) is 5.26 Å². The van der Waals surface area contributed by atoms with Gasteiger partial charge < -0.3 is 29.4 Å². The summed E-state index contributed by atoms with van der Waals surface area (Å²) in [5, 5.41) is 9.94. The third kappa shape index (κ3) is 6.26. The molecule has 4 aromatic carbocycles. The number of hydrogen-bond acceptors (Lipinski definition) is 8. The number of allylic oxidation sites excluding steroid dienone is 1. The van der Waals surface area contributed by atoms with Crippen molar-refractivity contribution in [3.05, 3.63) is 125 Å². The van der Waals surface area contributed by atoms with Crippen LogP contribution in [-0.4, -0.2) is 19.7 Å². The van der Waals surface area contributed by atoms with Crippen LogP contribution in [0.5, 0.6) is 28.7 Å². The van der Waals surface area contributed by atoms with Crippen molar-refractivity contribution < 1.29 is 28.5 Å². The largest absolute Gasteiger partial charge is 0.493 e. The maximum atomic E-state index is 12.4. The lowest BCUT2D eigenvalue weighted by atomic mass is 9.83. The van der Waals surface area contributed by atoms with E-state index in [0.717, 1.165) is 16.7 Å². The molecule has 41 heavy (non-hydrogen) atoms. The zero-order valence-corrected chi connectivity index (χ0v) is 22.6. The number of methoxy groups -OCH3 is 1. The van der Waals surface area contributed by atoms with Crippen molar-refractivity contribution in [2.75, 3.05) is 13.7 Å². The summed E-state index contributed by atoms with van der Waals surface area (Å²) in [6, 6.07) is 29.8. The van der Waals surface area contributed by atoms with Gasteiger partial charge in [-0.15, -0.1) is 0 Å². The molecule has 1 unspecified atom stereocenters. The van der Waals surface area contributed by atoms with E-state index in [4.69, 9.17) is 29.4 Å². The Labute approximate surface area is 238 Å². The molecule has 1 heterocycles. The summed E-state index contributed by atoms with van der Waals surface area (Å²) in [7, 11) is 1.56. The zero-order chi connectivity index (χ0) is 28.8. The van der Waals surface area contributed by atoms with E-state index in [0.29, 0.717) is 35.2 Å². The lowest BCUT2D eigenvalue weighted by Crippen LogP contribution is -2.21. The molecule has 0 spiro atoms. The number of fused-ring (bicyclic) bond motifs is 1. The highest BCUT2D eigenvalue weighted by Crippen LogP contribution is 2.45. The molecular formula is C33H28N2O6. The van der Waals surface area contributed by atoms with Gasteiger partial charge in [0.2, 0.25) is 5.88 Å². The number of hydrogen-bond donors (Lipinski definition) is 1. The first kappa shape index (κ1) is 27.2. The van der Waals surface area contributed by atoms with E-state index in [1.165, 1.54) is 0 Å². The van der Waals surface area contributed by atoms with Crippen molar-refractivity contribution in [3.63, 3.8) is 0 Å². The molecule has 2 N–H and O–H groups in total. The maximum Gasteiger partial charge on any atom is 0.349 e. The van der Waals surface area contributed by atoms with Crippen molar-refractivity contribution in [1.82, 2.24) is 0 Å². The lowest BCUT2D eigenvalue weighted by Gasteiger charge is -2.27. The Morgan fingerprint density at radius 1 is 0.927 bits per heavy atom. The minimum Gasteiger partial charge on any atom is -0.493 e.